The average Bonchev–Trinajstić information content (AvgIpc) is 3.54. The van der Waals surface area contributed by atoms with Crippen molar-refractivity contribution in [3.8, 4) is 16.4 Å². The largest absolute Gasteiger partial charge is 0.312 e. The molecule has 3 heterocycles. The maximum Gasteiger partial charge on any atom is 0.230 e. The molecule has 1 atom stereocenters. The number of carbonyl (C=O) groups is 2. The van der Waals surface area contributed by atoms with Crippen LogP contribution < -0.4 is 10.2 Å². The number of benzene rings is 2. The SMILES string of the molecule is Cc1ccc(-c2csc(-n3c(NC(=O)C4CC(=O)N(c5ccccc5)C4)cnc3C)n2)cc1. The Morgan fingerprint density at radius 1 is 1.09 bits per heavy atom. The zero-order valence-corrected chi connectivity index (χ0v) is 19.2. The molecule has 8 heteroatoms. The van der Waals surface area contributed by atoms with Crippen LogP contribution in [0.5, 0.6) is 0 Å². The molecule has 2 aromatic heterocycles. The van der Waals surface area contributed by atoms with Crippen LogP contribution in [0.1, 0.15) is 17.8 Å². The lowest BCUT2D eigenvalue weighted by atomic mass is 10.1. The number of aryl methyl sites for hydroxylation is 2. The van der Waals surface area contributed by atoms with E-state index in [9.17, 15) is 9.59 Å². The van der Waals surface area contributed by atoms with Crippen LogP contribution in [0, 0.1) is 19.8 Å². The van der Waals surface area contributed by atoms with Crippen molar-refractivity contribution < 1.29 is 9.59 Å². The lowest BCUT2D eigenvalue weighted by Crippen LogP contribution is -2.28. The molecule has 4 aromatic rings. The van der Waals surface area contributed by atoms with Crippen LogP contribution in [0.15, 0.2) is 66.2 Å². The zero-order chi connectivity index (χ0) is 22.9. The van der Waals surface area contributed by atoms with Gasteiger partial charge in [-0.2, -0.15) is 0 Å². The van der Waals surface area contributed by atoms with Crippen molar-refractivity contribution in [3.05, 3.63) is 77.6 Å². The molecule has 33 heavy (non-hydrogen) atoms. The monoisotopic (exact) mass is 457 g/mol. The Hall–Kier alpha value is -3.78. The minimum atomic E-state index is -0.430. The highest BCUT2D eigenvalue weighted by molar-refractivity contribution is 7.12. The molecule has 1 saturated heterocycles. The molecule has 0 spiro atoms. The lowest BCUT2D eigenvalue weighted by molar-refractivity contribution is -0.122. The van der Waals surface area contributed by atoms with Gasteiger partial charge in [0, 0.05) is 29.6 Å². The summed E-state index contributed by atoms with van der Waals surface area (Å²) in [6.45, 7) is 4.28. The number of hydrogen-bond acceptors (Lipinski definition) is 5. The Balaban J connectivity index is 1.34. The van der Waals surface area contributed by atoms with Crippen LogP contribution in [0.25, 0.3) is 16.4 Å². The maximum atomic E-state index is 13.0. The van der Waals surface area contributed by atoms with Crippen LogP contribution in [-0.2, 0) is 9.59 Å². The number of imidazole rings is 1. The van der Waals surface area contributed by atoms with E-state index in [2.05, 4.69) is 29.4 Å². The standard InChI is InChI=1S/C25H23N5O2S/c1-16-8-10-18(11-9-16)21-15-33-25(27-21)30-17(2)26-13-22(30)28-24(32)19-12-23(31)29(14-19)20-6-4-3-5-7-20/h3-11,13,15,19H,12,14H2,1-2H3,(H,28,32). The fraction of sp³-hybridized carbons (Fsp3) is 0.200. The number of amides is 2. The maximum absolute atomic E-state index is 13.0. The highest BCUT2D eigenvalue weighted by Crippen LogP contribution is 2.29. The van der Waals surface area contributed by atoms with Crippen molar-refractivity contribution in [2.45, 2.75) is 20.3 Å². The van der Waals surface area contributed by atoms with Gasteiger partial charge in [-0.3, -0.25) is 14.2 Å². The second kappa shape index (κ2) is 8.63. The van der Waals surface area contributed by atoms with Gasteiger partial charge in [0.15, 0.2) is 5.13 Å². The van der Waals surface area contributed by atoms with Crippen LogP contribution in [0.3, 0.4) is 0 Å². The molecule has 5 rings (SSSR count). The van der Waals surface area contributed by atoms with Gasteiger partial charge >= 0.3 is 0 Å². The van der Waals surface area contributed by atoms with Crippen molar-refractivity contribution in [1.82, 2.24) is 14.5 Å². The van der Waals surface area contributed by atoms with Crippen LogP contribution in [0.4, 0.5) is 11.5 Å². The normalized spacial score (nSPS) is 15.8. The summed E-state index contributed by atoms with van der Waals surface area (Å²) in [7, 11) is 0. The molecule has 2 aromatic carbocycles. The van der Waals surface area contributed by atoms with Gasteiger partial charge in [-0.15, -0.1) is 11.3 Å². The van der Waals surface area contributed by atoms with E-state index in [-0.39, 0.29) is 18.2 Å². The minimum absolute atomic E-state index is 0.0475. The van der Waals surface area contributed by atoms with Gasteiger partial charge in [-0.05, 0) is 26.0 Å². The minimum Gasteiger partial charge on any atom is -0.312 e. The van der Waals surface area contributed by atoms with E-state index in [0.717, 1.165) is 27.9 Å². The summed E-state index contributed by atoms with van der Waals surface area (Å²) < 4.78 is 1.84. The van der Waals surface area contributed by atoms with Gasteiger partial charge in [0.25, 0.3) is 0 Å². The quantitative estimate of drug-likeness (QED) is 0.475. The number of nitrogens with one attached hydrogen (secondary N) is 1. The van der Waals surface area contributed by atoms with Crippen LogP contribution in [0.2, 0.25) is 0 Å². The second-order valence-corrected chi connectivity index (χ2v) is 8.97. The Bertz CT molecular complexity index is 1310. The third-order valence-electron chi connectivity index (χ3n) is 5.78. The van der Waals surface area contributed by atoms with E-state index in [1.54, 1.807) is 11.1 Å². The average molecular weight is 458 g/mol. The molecule has 1 aliphatic rings. The lowest BCUT2D eigenvalue weighted by Gasteiger charge is -2.16. The second-order valence-electron chi connectivity index (χ2n) is 8.14. The Kier molecular flexibility index (Phi) is 5.51. The summed E-state index contributed by atoms with van der Waals surface area (Å²) in [5.74, 6) is 0.601. The number of nitrogens with zero attached hydrogens (tertiary/aromatic N) is 4. The van der Waals surface area contributed by atoms with Gasteiger partial charge in [0.2, 0.25) is 11.8 Å². The summed E-state index contributed by atoms with van der Waals surface area (Å²) >= 11 is 1.49. The summed E-state index contributed by atoms with van der Waals surface area (Å²) in [5, 5.41) is 5.69. The van der Waals surface area contributed by atoms with E-state index < -0.39 is 5.92 Å². The molecule has 0 saturated carbocycles. The molecule has 1 unspecified atom stereocenters. The van der Waals surface area contributed by atoms with Crippen molar-refractivity contribution in [2.24, 2.45) is 5.92 Å². The predicted molar refractivity (Wildman–Crippen MR) is 130 cm³/mol. The molecule has 2 amide bonds. The zero-order valence-electron chi connectivity index (χ0n) is 18.4. The number of para-hydroxylation sites is 1. The van der Waals surface area contributed by atoms with Gasteiger partial charge in [-0.25, -0.2) is 9.97 Å². The molecule has 0 bridgehead atoms. The first kappa shape index (κ1) is 21.1. The Morgan fingerprint density at radius 2 is 1.85 bits per heavy atom. The van der Waals surface area contributed by atoms with Crippen molar-refractivity contribution in [3.63, 3.8) is 0 Å². The molecule has 0 radical (unpaired) electrons. The van der Waals surface area contributed by atoms with Crippen molar-refractivity contribution in [1.29, 1.82) is 0 Å². The number of aromatic nitrogens is 3. The highest BCUT2D eigenvalue weighted by atomic mass is 32.1. The first-order valence-corrected chi connectivity index (χ1v) is 11.6. The van der Waals surface area contributed by atoms with Gasteiger partial charge in [-0.1, -0.05) is 48.0 Å². The van der Waals surface area contributed by atoms with Crippen LogP contribution >= 0.6 is 11.3 Å². The number of thiazole rings is 1. The van der Waals surface area contributed by atoms with E-state index in [4.69, 9.17) is 4.98 Å². The first-order valence-electron chi connectivity index (χ1n) is 10.7. The predicted octanol–water partition coefficient (Wildman–Crippen LogP) is 4.60. The smallest absolute Gasteiger partial charge is 0.230 e. The van der Waals surface area contributed by atoms with Crippen molar-refractivity contribution in [2.75, 3.05) is 16.8 Å². The van der Waals surface area contributed by atoms with Crippen molar-refractivity contribution >= 4 is 34.7 Å². The number of rotatable bonds is 5. The molecule has 7 nitrogen and oxygen atoms in total. The summed E-state index contributed by atoms with van der Waals surface area (Å²) in [6, 6.07) is 17.6. The Morgan fingerprint density at radius 3 is 2.61 bits per heavy atom. The third kappa shape index (κ3) is 4.17. The van der Waals surface area contributed by atoms with E-state index in [1.807, 2.05) is 59.3 Å². The summed E-state index contributed by atoms with van der Waals surface area (Å²) in [4.78, 5) is 36.4. The molecule has 1 aliphatic heterocycles. The summed E-state index contributed by atoms with van der Waals surface area (Å²) in [6.07, 6.45) is 1.81. The van der Waals surface area contributed by atoms with E-state index in [1.165, 1.54) is 16.9 Å². The molecule has 166 valence electrons. The number of hydrogen-bond donors (Lipinski definition) is 1. The summed E-state index contributed by atoms with van der Waals surface area (Å²) in [5.41, 5.74) is 3.92. The number of anilines is 2. The van der Waals surface area contributed by atoms with E-state index >= 15 is 0 Å². The number of carbonyl (C=O) groups excluding carboxylic acids is 2. The van der Waals surface area contributed by atoms with Gasteiger partial charge in [0.05, 0.1) is 17.8 Å². The molecular weight excluding hydrogens is 434 g/mol. The van der Waals surface area contributed by atoms with Gasteiger partial charge < -0.3 is 10.2 Å². The fourth-order valence-corrected chi connectivity index (χ4v) is 4.86. The Labute approximate surface area is 195 Å². The third-order valence-corrected chi connectivity index (χ3v) is 6.61. The highest BCUT2D eigenvalue weighted by Gasteiger charge is 2.35. The van der Waals surface area contributed by atoms with Crippen LogP contribution in [-0.4, -0.2) is 32.9 Å². The van der Waals surface area contributed by atoms with E-state index in [0.29, 0.717) is 12.4 Å². The fourth-order valence-electron chi connectivity index (χ4n) is 3.97. The van der Waals surface area contributed by atoms with Gasteiger partial charge in [0.1, 0.15) is 11.6 Å². The molecular formula is C25H23N5O2S. The first-order chi connectivity index (χ1) is 16.0. The molecule has 0 aliphatic carbocycles. The molecule has 1 fully saturated rings. The molecule has 1 N–H and O–H groups in total. The topological polar surface area (TPSA) is 80.1 Å².